The van der Waals surface area contributed by atoms with Gasteiger partial charge in [-0.3, -0.25) is 0 Å². The fourth-order valence-corrected chi connectivity index (χ4v) is 1.24. The van der Waals surface area contributed by atoms with Gasteiger partial charge in [-0.25, -0.2) is 4.39 Å². The smallest absolute Gasteiger partial charge is 0.266 e. The minimum atomic E-state index is -1.84. The average Bonchev–Trinajstić information content (AvgIpc) is 2.26. The zero-order chi connectivity index (χ0) is 12.1. The fourth-order valence-electron chi connectivity index (χ4n) is 1.24. The molecule has 2 nitrogen and oxygen atoms in total. The molecule has 0 aliphatic rings. The van der Waals surface area contributed by atoms with Crippen LogP contribution in [0.2, 0.25) is 0 Å². The second kappa shape index (κ2) is 5.44. The number of benzene rings is 1. The predicted molar refractivity (Wildman–Crippen MR) is 53.5 cm³/mol. The summed E-state index contributed by atoms with van der Waals surface area (Å²) in [6.45, 7) is 0. The molecule has 0 saturated heterocycles. The zero-order valence-corrected chi connectivity index (χ0v) is 8.89. The summed E-state index contributed by atoms with van der Waals surface area (Å²) in [6.07, 6.45) is -1.38. The molecule has 88 valence electrons. The van der Waals surface area contributed by atoms with Crippen molar-refractivity contribution in [3.05, 3.63) is 35.7 Å². The Morgan fingerprint density at radius 2 is 1.75 bits per heavy atom. The van der Waals surface area contributed by atoms with Gasteiger partial charge in [0.2, 0.25) is 0 Å². The molecule has 0 heterocycles. The fraction of sp³-hybridized carbons (Fsp3) is 0.273. The highest BCUT2D eigenvalue weighted by molar-refractivity contribution is 5.44. The Balaban J connectivity index is 3.06. The van der Waals surface area contributed by atoms with Crippen molar-refractivity contribution in [3.63, 3.8) is 0 Å². The normalized spacial score (nSPS) is 9.81. The van der Waals surface area contributed by atoms with Gasteiger partial charge in [-0.15, -0.1) is 0 Å². The van der Waals surface area contributed by atoms with Crippen LogP contribution in [0.3, 0.4) is 0 Å². The molecule has 1 rings (SSSR count). The highest BCUT2D eigenvalue weighted by atomic mass is 19.3. The highest BCUT2D eigenvalue weighted by Crippen LogP contribution is 2.30. The minimum absolute atomic E-state index is 0.130. The molecule has 0 atom stereocenters. The summed E-state index contributed by atoms with van der Waals surface area (Å²) in [5.41, 5.74) is 0.130. The Labute approximate surface area is 91.3 Å². The van der Waals surface area contributed by atoms with Crippen molar-refractivity contribution in [2.24, 2.45) is 0 Å². The van der Waals surface area contributed by atoms with E-state index in [-0.39, 0.29) is 17.7 Å². The molecular weight excluding hydrogens is 221 g/mol. The number of ether oxygens (including phenoxy) is 2. The first-order valence-electron chi connectivity index (χ1n) is 4.50. The molecule has 0 bridgehead atoms. The highest BCUT2D eigenvalue weighted by Gasteiger charge is 2.10. The van der Waals surface area contributed by atoms with E-state index in [4.69, 9.17) is 9.47 Å². The predicted octanol–water partition coefficient (Wildman–Crippen LogP) is 3.17. The maximum atomic E-state index is 13.4. The van der Waals surface area contributed by atoms with Gasteiger partial charge in [-0.05, 0) is 24.1 Å². The number of allylic oxidation sites excluding steroid dienone is 1. The molecule has 0 fully saturated rings. The van der Waals surface area contributed by atoms with Crippen LogP contribution in [0.15, 0.2) is 24.3 Å². The first kappa shape index (κ1) is 12.4. The Hall–Kier alpha value is -1.65. The van der Waals surface area contributed by atoms with Gasteiger partial charge in [-0.1, -0.05) is 0 Å². The summed E-state index contributed by atoms with van der Waals surface area (Å²) in [6, 6.07) is 2.45. The van der Waals surface area contributed by atoms with Crippen molar-refractivity contribution in [1.29, 1.82) is 0 Å². The van der Waals surface area contributed by atoms with Crippen LogP contribution in [0, 0.1) is 5.82 Å². The van der Waals surface area contributed by atoms with Gasteiger partial charge in [0.1, 0.15) is 5.82 Å². The van der Waals surface area contributed by atoms with Crippen LogP contribution in [0.5, 0.6) is 11.5 Å². The Kier molecular flexibility index (Phi) is 4.22. The van der Waals surface area contributed by atoms with Gasteiger partial charge < -0.3 is 9.47 Å². The SMILES string of the molecule is COc1cc(F)c(CC=C(F)F)cc1OC. The van der Waals surface area contributed by atoms with Crippen LogP contribution in [0.1, 0.15) is 5.56 Å². The van der Waals surface area contributed by atoms with Crippen LogP contribution in [-0.4, -0.2) is 14.2 Å². The molecule has 0 aromatic heterocycles. The zero-order valence-electron chi connectivity index (χ0n) is 8.89. The summed E-state index contributed by atoms with van der Waals surface area (Å²) < 4.78 is 46.9. The third-order valence-electron chi connectivity index (χ3n) is 2.03. The Bertz CT molecular complexity index is 398. The number of hydrogen-bond acceptors (Lipinski definition) is 2. The second-order valence-corrected chi connectivity index (χ2v) is 3.00. The maximum absolute atomic E-state index is 13.4. The van der Waals surface area contributed by atoms with Gasteiger partial charge in [0.15, 0.2) is 11.5 Å². The van der Waals surface area contributed by atoms with Crippen LogP contribution in [-0.2, 0) is 6.42 Å². The monoisotopic (exact) mass is 232 g/mol. The molecule has 0 saturated carbocycles. The first-order chi connectivity index (χ1) is 7.58. The van der Waals surface area contributed by atoms with E-state index in [0.29, 0.717) is 11.8 Å². The van der Waals surface area contributed by atoms with E-state index in [9.17, 15) is 13.2 Å². The number of hydrogen-bond donors (Lipinski definition) is 0. The number of rotatable bonds is 4. The van der Waals surface area contributed by atoms with E-state index in [0.717, 1.165) is 6.07 Å². The third kappa shape index (κ3) is 2.92. The van der Waals surface area contributed by atoms with Crippen molar-refractivity contribution in [2.75, 3.05) is 14.2 Å². The van der Waals surface area contributed by atoms with E-state index in [1.165, 1.54) is 20.3 Å². The first-order valence-corrected chi connectivity index (χ1v) is 4.50. The van der Waals surface area contributed by atoms with E-state index in [1.54, 1.807) is 0 Å². The third-order valence-corrected chi connectivity index (χ3v) is 2.03. The lowest BCUT2D eigenvalue weighted by molar-refractivity contribution is 0.351. The minimum Gasteiger partial charge on any atom is -0.493 e. The van der Waals surface area contributed by atoms with Crippen LogP contribution >= 0.6 is 0 Å². The summed E-state index contributed by atoms with van der Waals surface area (Å²) in [5, 5.41) is 0. The molecule has 16 heavy (non-hydrogen) atoms. The quantitative estimate of drug-likeness (QED) is 0.793. The van der Waals surface area contributed by atoms with Gasteiger partial charge >= 0.3 is 0 Å². The molecule has 0 amide bonds. The summed E-state index contributed by atoms with van der Waals surface area (Å²) in [7, 11) is 2.77. The molecule has 0 unspecified atom stereocenters. The average molecular weight is 232 g/mol. The van der Waals surface area contributed by atoms with E-state index < -0.39 is 11.9 Å². The van der Waals surface area contributed by atoms with Gasteiger partial charge in [0.25, 0.3) is 6.08 Å². The van der Waals surface area contributed by atoms with E-state index in [1.807, 2.05) is 0 Å². The Morgan fingerprint density at radius 1 is 1.19 bits per heavy atom. The second-order valence-electron chi connectivity index (χ2n) is 3.00. The lowest BCUT2D eigenvalue weighted by Crippen LogP contribution is -1.95. The van der Waals surface area contributed by atoms with Gasteiger partial charge in [0, 0.05) is 6.07 Å². The number of methoxy groups -OCH3 is 2. The standard InChI is InChI=1S/C11H11F3O2/c1-15-9-5-7(3-4-11(13)14)8(12)6-10(9)16-2/h4-6H,3H2,1-2H3. The van der Waals surface area contributed by atoms with Crippen LogP contribution < -0.4 is 9.47 Å². The lowest BCUT2D eigenvalue weighted by atomic mass is 10.1. The molecule has 0 aliphatic heterocycles. The van der Waals surface area contributed by atoms with E-state index in [2.05, 4.69) is 0 Å². The molecule has 5 heteroatoms. The summed E-state index contributed by atoms with van der Waals surface area (Å²) in [5.74, 6) is -0.0600. The molecule has 0 radical (unpaired) electrons. The topological polar surface area (TPSA) is 18.5 Å². The van der Waals surface area contributed by atoms with E-state index >= 15 is 0 Å². The van der Waals surface area contributed by atoms with Crippen molar-refractivity contribution in [1.82, 2.24) is 0 Å². The molecular formula is C11H11F3O2. The Morgan fingerprint density at radius 3 is 2.25 bits per heavy atom. The largest absolute Gasteiger partial charge is 0.493 e. The lowest BCUT2D eigenvalue weighted by Gasteiger charge is -2.09. The summed E-state index contributed by atoms with van der Waals surface area (Å²) >= 11 is 0. The summed E-state index contributed by atoms with van der Waals surface area (Å²) in [4.78, 5) is 0. The van der Waals surface area contributed by atoms with Crippen molar-refractivity contribution >= 4 is 0 Å². The molecule has 1 aromatic carbocycles. The van der Waals surface area contributed by atoms with Crippen LogP contribution in [0.4, 0.5) is 13.2 Å². The van der Waals surface area contributed by atoms with Crippen LogP contribution in [0.25, 0.3) is 0 Å². The number of halogens is 3. The maximum Gasteiger partial charge on any atom is 0.266 e. The van der Waals surface area contributed by atoms with Crippen molar-refractivity contribution in [3.8, 4) is 11.5 Å². The molecule has 0 aliphatic carbocycles. The van der Waals surface area contributed by atoms with Gasteiger partial charge in [0.05, 0.1) is 14.2 Å². The molecule has 0 N–H and O–H groups in total. The van der Waals surface area contributed by atoms with Gasteiger partial charge in [-0.2, -0.15) is 8.78 Å². The molecule has 1 aromatic rings. The molecule has 0 spiro atoms. The van der Waals surface area contributed by atoms with Crippen molar-refractivity contribution < 1.29 is 22.6 Å². The van der Waals surface area contributed by atoms with Crippen molar-refractivity contribution in [2.45, 2.75) is 6.42 Å².